The molecular weight excluding hydrogens is 316 g/mol. The van der Waals surface area contributed by atoms with Crippen molar-refractivity contribution in [3.63, 3.8) is 0 Å². The van der Waals surface area contributed by atoms with Gasteiger partial charge in [0.15, 0.2) is 5.96 Å². The first-order chi connectivity index (χ1) is 11.9. The summed E-state index contributed by atoms with van der Waals surface area (Å²) in [5, 5.41) is 16.4. The molecule has 1 spiro atoms. The summed E-state index contributed by atoms with van der Waals surface area (Å²) >= 11 is 0. The van der Waals surface area contributed by atoms with Gasteiger partial charge in [-0.1, -0.05) is 12.5 Å². The van der Waals surface area contributed by atoms with E-state index in [1.807, 2.05) is 7.05 Å². The van der Waals surface area contributed by atoms with E-state index in [1.54, 1.807) is 7.05 Å². The number of nitrogens with zero attached hydrogens (tertiary/aromatic N) is 1. The van der Waals surface area contributed by atoms with Crippen LogP contribution in [0, 0.1) is 22.7 Å². The van der Waals surface area contributed by atoms with Crippen LogP contribution < -0.4 is 16.4 Å². The van der Waals surface area contributed by atoms with E-state index in [2.05, 4.69) is 22.5 Å². The maximum atomic E-state index is 11.8. The predicted molar refractivity (Wildman–Crippen MR) is 99.4 cm³/mol. The highest BCUT2D eigenvalue weighted by Crippen LogP contribution is 2.73. The molecule has 2 fully saturated rings. The van der Waals surface area contributed by atoms with Crippen molar-refractivity contribution < 1.29 is 9.90 Å². The fourth-order valence-electron chi connectivity index (χ4n) is 6.39. The maximum Gasteiger partial charge on any atom is 0.331 e. The molecule has 6 nitrogen and oxygen atoms in total. The zero-order valence-electron chi connectivity index (χ0n) is 15.7. The number of aliphatic carboxylic acids is 1. The van der Waals surface area contributed by atoms with Gasteiger partial charge >= 0.3 is 5.97 Å². The van der Waals surface area contributed by atoms with Crippen molar-refractivity contribution in [1.29, 1.82) is 0 Å². The summed E-state index contributed by atoms with van der Waals surface area (Å²) in [4.78, 5) is 15.9. The molecule has 3 rings (SSSR count). The number of hydrogen-bond donors (Lipinski definition) is 4. The Morgan fingerprint density at radius 2 is 2.20 bits per heavy atom. The van der Waals surface area contributed by atoms with Crippen LogP contribution in [0.5, 0.6) is 0 Å². The number of allylic oxidation sites excluding steroid dienone is 1. The van der Waals surface area contributed by atoms with E-state index in [-0.39, 0.29) is 10.8 Å². The number of nitrogens with one attached hydrogen (secondary N) is 2. The molecule has 0 amide bonds. The van der Waals surface area contributed by atoms with Gasteiger partial charge in [-0.05, 0) is 64.0 Å². The molecule has 0 heterocycles. The Labute approximate surface area is 150 Å². The standard InChI is InChI=1S/C19H32N4O2/c1-12-4-5-13-10-15-14(16(24)25)6-7-19(12,15)18(13,8-9-21-2)11-23-17(20)22-3/h12-13,21H,4-11H2,1-3H3,(H,24,25)(H3,20,22,23). The first kappa shape index (κ1) is 18.2. The van der Waals surface area contributed by atoms with E-state index < -0.39 is 5.97 Å². The van der Waals surface area contributed by atoms with Gasteiger partial charge < -0.3 is 21.5 Å². The quantitative estimate of drug-likeness (QED) is 0.433. The molecule has 0 aliphatic heterocycles. The lowest BCUT2D eigenvalue weighted by Gasteiger charge is -2.55. The molecule has 0 radical (unpaired) electrons. The Kier molecular flexibility index (Phi) is 4.84. The fraction of sp³-hybridized carbons (Fsp3) is 0.789. The summed E-state index contributed by atoms with van der Waals surface area (Å²) in [7, 11) is 3.69. The van der Waals surface area contributed by atoms with Crippen molar-refractivity contribution in [3.05, 3.63) is 11.1 Å². The minimum atomic E-state index is -0.711. The van der Waals surface area contributed by atoms with E-state index in [9.17, 15) is 9.90 Å². The lowest BCUT2D eigenvalue weighted by atomic mass is 9.50. The van der Waals surface area contributed by atoms with Crippen molar-refractivity contribution in [2.24, 2.45) is 33.4 Å². The highest BCUT2D eigenvalue weighted by atomic mass is 16.4. The van der Waals surface area contributed by atoms with Gasteiger partial charge in [-0.3, -0.25) is 4.99 Å². The smallest absolute Gasteiger partial charge is 0.331 e. The number of fused-ring (bicyclic) bond motifs is 1. The second kappa shape index (κ2) is 6.63. The fourth-order valence-corrected chi connectivity index (χ4v) is 6.39. The molecule has 140 valence electrons. The molecule has 0 aromatic carbocycles. The molecule has 2 saturated carbocycles. The average Bonchev–Trinajstić information content (AvgIpc) is 3.04. The normalized spacial score (nSPS) is 37.3. The topological polar surface area (TPSA) is 99.7 Å². The number of carboxylic acid groups (broad SMARTS) is 1. The van der Waals surface area contributed by atoms with Gasteiger partial charge in [-0.25, -0.2) is 4.79 Å². The van der Waals surface area contributed by atoms with Crippen LogP contribution in [0.15, 0.2) is 16.1 Å². The van der Waals surface area contributed by atoms with E-state index in [4.69, 9.17) is 5.73 Å². The zero-order valence-corrected chi connectivity index (χ0v) is 15.7. The van der Waals surface area contributed by atoms with Crippen molar-refractivity contribution in [2.75, 3.05) is 27.2 Å². The number of guanidine groups is 1. The van der Waals surface area contributed by atoms with Gasteiger partial charge in [-0.2, -0.15) is 0 Å². The van der Waals surface area contributed by atoms with Gasteiger partial charge in [0.1, 0.15) is 0 Å². The van der Waals surface area contributed by atoms with E-state index in [0.29, 0.717) is 29.8 Å². The van der Waals surface area contributed by atoms with Crippen LogP contribution >= 0.6 is 0 Å². The van der Waals surface area contributed by atoms with Crippen LogP contribution in [0.4, 0.5) is 0 Å². The third-order valence-corrected chi connectivity index (χ3v) is 7.49. The minimum absolute atomic E-state index is 0.00150. The Hall–Kier alpha value is -1.56. The predicted octanol–water partition coefficient (Wildman–Crippen LogP) is 1.73. The molecule has 0 aromatic heterocycles. The van der Waals surface area contributed by atoms with Crippen molar-refractivity contribution in [2.45, 2.75) is 45.4 Å². The summed E-state index contributed by atoms with van der Waals surface area (Å²) in [6.07, 6.45) is 6.03. The van der Waals surface area contributed by atoms with Gasteiger partial charge in [-0.15, -0.1) is 0 Å². The Morgan fingerprint density at radius 3 is 2.84 bits per heavy atom. The van der Waals surface area contributed by atoms with Crippen LogP contribution in [0.2, 0.25) is 0 Å². The van der Waals surface area contributed by atoms with Crippen molar-refractivity contribution in [3.8, 4) is 0 Å². The molecule has 3 aliphatic carbocycles. The summed E-state index contributed by atoms with van der Waals surface area (Å²) < 4.78 is 0. The molecule has 25 heavy (non-hydrogen) atoms. The van der Waals surface area contributed by atoms with E-state index >= 15 is 0 Å². The first-order valence-electron chi connectivity index (χ1n) is 9.49. The molecular formula is C19H32N4O2. The number of carboxylic acids is 1. The molecule has 0 aromatic rings. The number of carbonyl (C=O) groups is 1. The summed E-state index contributed by atoms with van der Waals surface area (Å²) in [5.41, 5.74) is 7.95. The monoisotopic (exact) mass is 348 g/mol. The zero-order chi connectivity index (χ0) is 18.2. The van der Waals surface area contributed by atoms with Gasteiger partial charge in [0.25, 0.3) is 0 Å². The Morgan fingerprint density at radius 1 is 1.44 bits per heavy atom. The molecule has 5 N–H and O–H groups in total. The highest BCUT2D eigenvalue weighted by Gasteiger charge is 2.67. The third-order valence-electron chi connectivity index (χ3n) is 7.49. The van der Waals surface area contributed by atoms with E-state index in [1.165, 1.54) is 18.4 Å². The number of nitrogens with two attached hydrogens (primary N) is 1. The van der Waals surface area contributed by atoms with Gasteiger partial charge in [0.05, 0.1) is 0 Å². The molecule has 6 heteroatoms. The highest BCUT2D eigenvalue weighted by molar-refractivity contribution is 5.89. The Bertz CT molecular complexity index is 615. The number of hydrogen-bond acceptors (Lipinski definition) is 3. The third kappa shape index (κ3) is 2.48. The largest absolute Gasteiger partial charge is 0.478 e. The summed E-state index contributed by atoms with van der Waals surface area (Å²) in [5.74, 6) is 0.798. The SMILES string of the molecule is CN=C(N)NCC1(CCNC)C2CCC(C)C13CCC(C(=O)O)=C3C2. The van der Waals surface area contributed by atoms with Crippen LogP contribution in [-0.2, 0) is 4.79 Å². The van der Waals surface area contributed by atoms with Gasteiger partial charge in [0.2, 0.25) is 0 Å². The lowest BCUT2D eigenvalue weighted by molar-refractivity contribution is -0.132. The van der Waals surface area contributed by atoms with Crippen molar-refractivity contribution in [1.82, 2.24) is 10.6 Å². The molecule has 4 atom stereocenters. The van der Waals surface area contributed by atoms with E-state index in [0.717, 1.165) is 32.4 Å². The van der Waals surface area contributed by atoms with Crippen LogP contribution in [-0.4, -0.2) is 44.2 Å². The number of rotatable bonds is 6. The summed E-state index contributed by atoms with van der Waals surface area (Å²) in [6.45, 7) is 4.05. The second-order valence-electron chi connectivity index (χ2n) is 8.09. The number of aliphatic imine (C=N–C) groups is 1. The molecule has 2 bridgehead atoms. The first-order valence-corrected chi connectivity index (χ1v) is 9.49. The van der Waals surface area contributed by atoms with Crippen LogP contribution in [0.25, 0.3) is 0 Å². The molecule has 3 aliphatic rings. The van der Waals surface area contributed by atoms with Crippen molar-refractivity contribution >= 4 is 11.9 Å². The second-order valence-corrected chi connectivity index (χ2v) is 8.09. The van der Waals surface area contributed by atoms with Crippen LogP contribution in [0.1, 0.15) is 45.4 Å². The molecule has 4 unspecified atom stereocenters. The summed E-state index contributed by atoms with van der Waals surface area (Å²) in [6, 6.07) is 0. The molecule has 0 saturated heterocycles. The minimum Gasteiger partial charge on any atom is -0.478 e. The maximum absolute atomic E-state index is 11.8. The van der Waals surface area contributed by atoms with Gasteiger partial charge in [0, 0.05) is 30.0 Å². The Balaban J connectivity index is 2.08. The average molecular weight is 348 g/mol. The van der Waals surface area contributed by atoms with Crippen LogP contribution in [0.3, 0.4) is 0 Å². The lowest BCUT2D eigenvalue weighted by Crippen LogP contribution is -2.56.